The number of nitrogens with one attached hydrogen (secondary N) is 1. The predicted octanol–water partition coefficient (Wildman–Crippen LogP) is 0.146. The van der Waals surface area contributed by atoms with Crippen molar-refractivity contribution in [2.24, 2.45) is 19.8 Å². The summed E-state index contributed by atoms with van der Waals surface area (Å²) in [4.78, 5) is 4.52. The van der Waals surface area contributed by atoms with Crippen molar-refractivity contribution in [1.82, 2.24) is 24.5 Å². The van der Waals surface area contributed by atoms with Gasteiger partial charge >= 0.3 is 0 Å². The first-order valence-electron chi connectivity index (χ1n) is 5.91. The molecule has 2 rings (SSSR count). The molecule has 0 aliphatic rings. The average Bonchev–Trinajstić information content (AvgIpc) is 2.84. The lowest BCUT2D eigenvalue weighted by Crippen LogP contribution is -2.16. The van der Waals surface area contributed by atoms with E-state index in [1.165, 1.54) is 0 Å². The van der Waals surface area contributed by atoms with Crippen LogP contribution in [-0.4, -0.2) is 36.1 Å². The molecule has 0 saturated carbocycles. The molecule has 102 valence electrons. The quantitative estimate of drug-likeness (QED) is 0.757. The highest BCUT2D eigenvalue weighted by Gasteiger charge is 2.15. The van der Waals surface area contributed by atoms with E-state index in [9.17, 15) is 0 Å². The zero-order chi connectivity index (χ0) is 14.0. The number of aryl methyl sites for hydroxylation is 3. The molecule has 0 amide bonds. The second kappa shape index (κ2) is 5.35. The molecular weight excluding hydrogens is 262 g/mol. The zero-order valence-corrected chi connectivity index (χ0v) is 12.0. The predicted molar refractivity (Wildman–Crippen MR) is 77.0 cm³/mol. The van der Waals surface area contributed by atoms with Gasteiger partial charge in [-0.3, -0.25) is 9.36 Å². The number of aromatic nitrogens is 5. The Morgan fingerprint density at radius 2 is 2.16 bits per heavy atom. The highest BCUT2D eigenvalue weighted by molar-refractivity contribution is 7.80. The average molecular weight is 279 g/mol. The number of rotatable bonds is 5. The van der Waals surface area contributed by atoms with Crippen molar-refractivity contribution in [1.29, 1.82) is 0 Å². The first-order chi connectivity index (χ1) is 8.99. The summed E-state index contributed by atoms with van der Waals surface area (Å²) in [6, 6.07) is 0. The SMILES string of the molecule is Cc1nn(C)c(NCCc2ncn(C)n2)c1C(N)=S. The van der Waals surface area contributed by atoms with E-state index in [0.29, 0.717) is 11.5 Å². The third-order valence-corrected chi connectivity index (χ3v) is 2.96. The summed E-state index contributed by atoms with van der Waals surface area (Å²) in [7, 11) is 3.70. The minimum Gasteiger partial charge on any atom is -0.389 e. The van der Waals surface area contributed by atoms with Gasteiger partial charge in [-0.2, -0.15) is 10.2 Å². The lowest BCUT2D eigenvalue weighted by atomic mass is 10.2. The first-order valence-corrected chi connectivity index (χ1v) is 6.31. The lowest BCUT2D eigenvalue weighted by molar-refractivity contribution is 0.735. The maximum Gasteiger partial charge on any atom is 0.152 e. The van der Waals surface area contributed by atoms with E-state index >= 15 is 0 Å². The second-order valence-electron chi connectivity index (χ2n) is 4.31. The molecule has 3 N–H and O–H groups in total. The van der Waals surface area contributed by atoms with Gasteiger partial charge in [-0.25, -0.2) is 4.98 Å². The highest BCUT2D eigenvalue weighted by atomic mass is 32.1. The summed E-state index contributed by atoms with van der Waals surface area (Å²) in [5, 5.41) is 11.8. The second-order valence-corrected chi connectivity index (χ2v) is 4.75. The van der Waals surface area contributed by atoms with Crippen molar-refractivity contribution in [2.75, 3.05) is 11.9 Å². The lowest BCUT2D eigenvalue weighted by Gasteiger charge is -2.07. The van der Waals surface area contributed by atoms with Gasteiger partial charge in [0.2, 0.25) is 0 Å². The third-order valence-electron chi connectivity index (χ3n) is 2.76. The van der Waals surface area contributed by atoms with Crippen LogP contribution >= 0.6 is 12.2 Å². The van der Waals surface area contributed by atoms with Crippen molar-refractivity contribution in [3.63, 3.8) is 0 Å². The third kappa shape index (κ3) is 2.90. The van der Waals surface area contributed by atoms with Crippen LogP contribution in [0.15, 0.2) is 6.33 Å². The maximum atomic E-state index is 5.72. The van der Waals surface area contributed by atoms with Crippen LogP contribution in [0.5, 0.6) is 0 Å². The molecule has 2 aromatic rings. The smallest absolute Gasteiger partial charge is 0.152 e. The van der Waals surface area contributed by atoms with Gasteiger partial charge in [0.15, 0.2) is 5.82 Å². The molecule has 0 unspecified atom stereocenters. The van der Waals surface area contributed by atoms with Crippen LogP contribution in [0.25, 0.3) is 0 Å². The number of anilines is 1. The Labute approximate surface area is 116 Å². The van der Waals surface area contributed by atoms with Gasteiger partial charge in [0.05, 0.1) is 11.3 Å². The number of nitrogens with zero attached hydrogens (tertiary/aromatic N) is 5. The van der Waals surface area contributed by atoms with E-state index < -0.39 is 0 Å². The van der Waals surface area contributed by atoms with Crippen molar-refractivity contribution < 1.29 is 0 Å². The van der Waals surface area contributed by atoms with Gasteiger partial charge in [0, 0.05) is 27.1 Å². The minimum absolute atomic E-state index is 0.351. The summed E-state index contributed by atoms with van der Waals surface area (Å²) >= 11 is 5.05. The van der Waals surface area contributed by atoms with Crippen LogP contribution in [-0.2, 0) is 20.5 Å². The van der Waals surface area contributed by atoms with Gasteiger partial charge in [0.1, 0.15) is 17.1 Å². The minimum atomic E-state index is 0.351. The fourth-order valence-corrected chi connectivity index (χ4v) is 2.19. The van der Waals surface area contributed by atoms with Crippen LogP contribution in [0.2, 0.25) is 0 Å². The molecule has 0 aliphatic carbocycles. The number of hydrogen-bond acceptors (Lipinski definition) is 5. The Balaban J connectivity index is 2.05. The topological polar surface area (TPSA) is 86.6 Å². The van der Waals surface area contributed by atoms with Gasteiger partial charge in [0.25, 0.3) is 0 Å². The Morgan fingerprint density at radius 3 is 2.74 bits per heavy atom. The van der Waals surface area contributed by atoms with Gasteiger partial charge in [-0.05, 0) is 6.92 Å². The van der Waals surface area contributed by atoms with Crippen molar-refractivity contribution >= 4 is 23.0 Å². The zero-order valence-electron chi connectivity index (χ0n) is 11.2. The van der Waals surface area contributed by atoms with Gasteiger partial charge in [-0.15, -0.1) is 0 Å². The van der Waals surface area contributed by atoms with E-state index in [1.54, 1.807) is 15.7 Å². The molecule has 0 fully saturated rings. The van der Waals surface area contributed by atoms with E-state index in [-0.39, 0.29) is 0 Å². The largest absolute Gasteiger partial charge is 0.389 e. The molecule has 0 saturated heterocycles. The monoisotopic (exact) mass is 279 g/mol. The molecule has 0 atom stereocenters. The molecule has 2 heterocycles. The maximum absolute atomic E-state index is 5.72. The molecule has 8 heteroatoms. The van der Waals surface area contributed by atoms with Crippen LogP contribution in [0.4, 0.5) is 5.82 Å². The Morgan fingerprint density at radius 1 is 1.42 bits per heavy atom. The molecule has 0 spiro atoms. The number of hydrogen-bond donors (Lipinski definition) is 2. The van der Waals surface area contributed by atoms with Crippen LogP contribution in [0.1, 0.15) is 17.1 Å². The van der Waals surface area contributed by atoms with E-state index in [4.69, 9.17) is 18.0 Å². The highest BCUT2D eigenvalue weighted by Crippen LogP contribution is 2.18. The van der Waals surface area contributed by atoms with Crippen LogP contribution in [0.3, 0.4) is 0 Å². The van der Waals surface area contributed by atoms with Crippen molar-refractivity contribution in [2.45, 2.75) is 13.3 Å². The summed E-state index contributed by atoms with van der Waals surface area (Å²) < 4.78 is 3.43. The molecule has 0 aromatic carbocycles. The van der Waals surface area contributed by atoms with Gasteiger partial charge < -0.3 is 11.1 Å². The van der Waals surface area contributed by atoms with E-state index in [0.717, 1.165) is 29.3 Å². The molecular formula is C11H17N7S. The fourth-order valence-electron chi connectivity index (χ4n) is 1.95. The summed E-state index contributed by atoms with van der Waals surface area (Å²) in [5.74, 6) is 1.63. The molecule has 7 nitrogen and oxygen atoms in total. The van der Waals surface area contributed by atoms with Crippen molar-refractivity contribution in [3.05, 3.63) is 23.4 Å². The van der Waals surface area contributed by atoms with Gasteiger partial charge in [-0.1, -0.05) is 12.2 Å². The summed E-state index contributed by atoms with van der Waals surface area (Å²) in [6.45, 7) is 2.58. The molecule has 0 bridgehead atoms. The summed E-state index contributed by atoms with van der Waals surface area (Å²) in [5.41, 5.74) is 7.35. The molecule has 0 aliphatic heterocycles. The fraction of sp³-hybridized carbons (Fsp3) is 0.455. The Hall–Kier alpha value is -1.96. The normalized spacial score (nSPS) is 10.7. The molecule has 0 radical (unpaired) electrons. The number of thiocarbonyl (C=S) groups is 1. The molecule has 19 heavy (non-hydrogen) atoms. The van der Waals surface area contributed by atoms with E-state index in [2.05, 4.69) is 20.5 Å². The standard InChI is InChI=1S/C11H17N7S/c1-7-9(10(12)19)11(18(3)15-7)13-5-4-8-14-6-17(2)16-8/h6,13H,4-5H2,1-3H3,(H2,12,19). The number of nitrogens with two attached hydrogens (primary N) is 1. The Kier molecular flexibility index (Phi) is 3.79. The summed E-state index contributed by atoms with van der Waals surface area (Å²) in [6.07, 6.45) is 2.41. The van der Waals surface area contributed by atoms with Crippen molar-refractivity contribution in [3.8, 4) is 0 Å². The molecule has 2 aromatic heterocycles. The van der Waals surface area contributed by atoms with Crippen LogP contribution < -0.4 is 11.1 Å². The Bertz CT molecular complexity index is 598. The van der Waals surface area contributed by atoms with Crippen LogP contribution in [0, 0.1) is 6.92 Å². The first kappa shape index (κ1) is 13.5. The van der Waals surface area contributed by atoms with E-state index in [1.807, 2.05) is 21.0 Å².